The van der Waals surface area contributed by atoms with E-state index in [4.69, 9.17) is 10.2 Å². The Morgan fingerprint density at radius 2 is 2.39 bits per heavy atom. The molecule has 2 heterocycles. The van der Waals surface area contributed by atoms with Gasteiger partial charge in [0, 0.05) is 18.6 Å². The van der Waals surface area contributed by atoms with Crippen molar-refractivity contribution in [3.63, 3.8) is 0 Å². The predicted molar refractivity (Wildman–Crippen MR) is 67.1 cm³/mol. The van der Waals surface area contributed by atoms with Crippen LogP contribution in [0, 0.1) is 0 Å². The van der Waals surface area contributed by atoms with Crippen molar-refractivity contribution in [2.24, 2.45) is 5.73 Å². The molecule has 1 fully saturated rings. The third kappa shape index (κ3) is 2.91. The highest BCUT2D eigenvalue weighted by molar-refractivity contribution is 5.86. The van der Waals surface area contributed by atoms with Gasteiger partial charge in [0.05, 0.1) is 13.7 Å². The zero-order chi connectivity index (χ0) is 13.1. The van der Waals surface area contributed by atoms with Gasteiger partial charge in [-0.15, -0.1) is 0 Å². The van der Waals surface area contributed by atoms with Gasteiger partial charge in [-0.25, -0.2) is 4.79 Å². The number of nitrogens with zero attached hydrogens (tertiary/aromatic N) is 1. The molecule has 0 spiro atoms. The Hall–Kier alpha value is -1.33. The molecule has 5 nitrogen and oxygen atoms in total. The minimum absolute atomic E-state index is 0.258. The fraction of sp³-hybridized carbons (Fsp3) is 0.615. The number of esters is 1. The minimum atomic E-state index is -0.435. The first-order valence-electron chi connectivity index (χ1n) is 6.27. The van der Waals surface area contributed by atoms with Gasteiger partial charge in [-0.05, 0) is 31.9 Å². The van der Waals surface area contributed by atoms with E-state index in [0.717, 1.165) is 25.1 Å². The van der Waals surface area contributed by atoms with E-state index in [1.54, 1.807) is 6.07 Å². The summed E-state index contributed by atoms with van der Waals surface area (Å²) in [4.78, 5) is 13.6. The Bertz CT molecular complexity index is 416. The van der Waals surface area contributed by atoms with E-state index in [0.29, 0.717) is 18.6 Å². The van der Waals surface area contributed by atoms with Crippen LogP contribution in [-0.4, -0.2) is 36.6 Å². The van der Waals surface area contributed by atoms with Gasteiger partial charge in [0.25, 0.3) is 0 Å². The number of furan rings is 1. The average Bonchev–Trinajstić information content (AvgIpc) is 2.80. The zero-order valence-corrected chi connectivity index (χ0v) is 10.9. The van der Waals surface area contributed by atoms with Crippen molar-refractivity contribution in [3.8, 4) is 0 Å². The maximum atomic E-state index is 11.3. The number of hydrogen-bond acceptors (Lipinski definition) is 5. The monoisotopic (exact) mass is 252 g/mol. The SMILES string of the molecule is COC(=O)c1ccc(CN2CCC(N)CC2C)o1. The summed E-state index contributed by atoms with van der Waals surface area (Å²) in [5.41, 5.74) is 5.93. The summed E-state index contributed by atoms with van der Waals surface area (Å²) in [6.07, 6.45) is 2.01. The Morgan fingerprint density at radius 1 is 1.61 bits per heavy atom. The van der Waals surface area contributed by atoms with Crippen LogP contribution in [0.25, 0.3) is 0 Å². The number of hydrogen-bond donors (Lipinski definition) is 1. The van der Waals surface area contributed by atoms with Crippen molar-refractivity contribution in [2.75, 3.05) is 13.7 Å². The van der Waals surface area contributed by atoms with Crippen LogP contribution in [0.5, 0.6) is 0 Å². The fourth-order valence-corrected chi connectivity index (χ4v) is 2.37. The second kappa shape index (κ2) is 5.54. The lowest BCUT2D eigenvalue weighted by molar-refractivity contribution is 0.0558. The second-order valence-corrected chi connectivity index (χ2v) is 4.86. The van der Waals surface area contributed by atoms with Crippen molar-refractivity contribution < 1.29 is 13.9 Å². The van der Waals surface area contributed by atoms with Crippen LogP contribution in [0.1, 0.15) is 36.1 Å². The number of likely N-dealkylation sites (tertiary alicyclic amines) is 1. The maximum absolute atomic E-state index is 11.3. The highest BCUT2D eigenvalue weighted by Crippen LogP contribution is 2.20. The molecule has 0 aliphatic carbocycles. The van der Waals surface area contributed by atoms with Crippen molar-refractivity contribution >= 4 is 5.97 Å². The Balaban J connectivity index is 1.97. The Labute approximate surface area is 107 Å². The van der Waals surface area contributed by atoms with Crippen molar-refractivity contribution in [1.29, 1.82) is 0 Å². The summed E-state index contributed by atoms with van der Waals surface area (Å²) in [6.45, 7) is 3.85. The van der Waals surface area contributed by atoms with Crippen LogP contribution >= 0.6 is 0 Å². The number of rotatable bonds is 3. The largest absolute Gasteiger partial charge is 0.463 e. The molecule has 1 saturated heterocycles. The van der Waals surface area contributed by atoms with E-state index in [9.17, 15) is 4.79 Å². The number of carbonyl (C=O) groups excluding carboxylic acids is 1. The summed E-state index contributed by atoms with van der Waals surface area (Å²) < 4.78 is 10.1. The molecule has 1 aliphatic rings. The molecule has 18 heavy (non-hydrogen) atoms. The molecule has 0 amide bonds. The molecule has 5 heteroatoms. The lowest BCUT2D eigenvalue weighted by Crippen LogP contribution is -2.44. The minimum Gasteiger partial charge on any atom is -0.463 e. The Morgan fingerprint density at radius 3 is 3.06 bits per heavy atom. The van der Waals surface area contributed by atoms with Crippen LogP contribution in [0.3, 0.4) is 0 Å². The highest BCUT2D eigenvalue weighted by atomic mass is 16.5. The van der Waals surface area contributed by atoms with Crippen molar-refractivity contribution in [1.82, 2.24) is 4.90 Å². The van der Waals surface area contributed by atoms with Crippen LogP contribution in [0.2, 0.25) is 0 Å². The van der Waals surface area contributed by atoms with Gasteiger partial charge in [0.1, 0.15) is 5.76 Å². The van der Waals surface area contributed by atoms with Crippen LogP contribution in [-0.2, 0) is 11.3 Å². The molecular weight excluding hydrogens is 232 g/mol. The summed E-state index contributed by atoms with van der Waals surface area (Å²) in [5.74, 6) is 0.613. The average molecular weight is 252 g/mol. The standard InChI is InChI=1S/C13H20N2O3/c1-9-7-10(14)5-6-15(9)8-11-3-4-12(18-11)13(16)17-2/h3-4,9-10H,5-8,14H2,1-2H3. The van der Waals surface area contributed by atoms with Gasteiger partial charge in [0.2, 0.25) is 5.76 Å². The maximum Gasteiger partial charge on any atom is 0.373 e. The summed E-state index contributed by atoms with van der Waals surface area (Å²) >= 11 is 0. The van der Waals surface area contributed by atoms with E-state index in [-0.39, 0.29) is 5.76 Å². The molecule has 2 N–H and O–H groups in total. The lowest BCUT2D eigenvalue weighted by Gasteiger charge is -2.35. The highest BCUT2D eigenvalue weighted by Gasteiger charge is 2.24. The van der Waals surface area contributed by atoms with E-state index in [1.807, 2.05) is 6.07 Å². The van der Waals surface area contributed by atoms with Crippen LogP contribution in [0.4, 0.5) is 0 Å². The van der Waals surface area contributed by atoms with E-state index < -0.39 is 5.97 Å². The molecule has 1 aromatic rings. The zero-order valence-electron chi connectivity index (χ0n) is 10.9. The van der Waals surface area contributed by atoms with Gasteiger partial charge in [-0.2, -0.15) is 0 Å². The topological polar surface area (TPSA) is 68.7 Å². The van der Waals surface area contributed by atoms with E-state index >= 15 is 0 Å². The van der Waals surface area contributed by atoms with E-state index in [2.05, 4.69) is 16.6 Å². The van der Waals surface area contributed by atoms with E-state index in [1.165, 1.54) is 7.11 Å². The first-order valence-corrected chi connectivity index (χ1v) is 6.27. The van der Waals surface area contributed by atoms with Gasteiger partial charge >= 0.3 is 5.97 Å². The molecule has 0 aromatic carbocycles. The molecule has 1 aliphatic heterocycles. The number of piperidine rings is 1. The van der Waals surface area contributed by atoms with Crippen LogP contribution < -0.4 is 5.73 Å². The van der Waals surface area contributed by atoms with Gasteiger partial charge in [-0.1, -0.05) is 0 Å². The third-order valence-corrected chi connectivity index (χ3v) is 3.46. The predicted octanol–water partition coefficient (Wildman–Crippen LogP) is 1.38. The first kappa shape index (κ1) is 13.1. The first-order chi connectivity index (χ1) is 8.60. The van der Waals surface area contributed by atoms with Crippen molar-refractivity contribution in [3.05, 3.63) is 23.7 Å². The Kier molecular flexibility index (Phi) is 4.04. The normalized spacial score (nSPS) is 25.1. The number of ether oxygens (including phenoxy) is 1. The van der Waals surface area contributed by atoms with Gasteiger partial charge in [-0.3, -0.25) is 4.90 Å². The third-order valence-electron chi connectivity index (χ3n) is 3.46. The fourth-order valence-electron chi connectivity index (χ4n) is 2.37. The molecule has 0 bridgehead atoms. The molecule has 2 unspecified atom stereocenters. The molecule has 0 radical (unpaired) electrons. The van der Waals surface area contributed by atoms with Gasteiger partial charge < -0.3 is 14.9 Å². The van der Waals surface area contributed by atoms with Crippen LogP contribution in [0.15, 0.2) is 16.5 Å². The lowest BCUT2D eigenvalue weighted by atomic mass is 9.99. The summed E-state index contributed by atoms with van der Waals surface area (Å²) in [7, 11) is 1.35. The second-order valence-electron chi connectivity index (χ2n) is 4.86. The quantitative estimate of drug-likeness (QED) is 0.823. The summed E-state index contributed by atoms with van der Waals surface area (Å²) in [5, 5.41) is 0. The molecule has 2 rings (SSSR count). The molecular formula is C13H20N2O3. The molecule has 100 valence electrons. The van der Waals surface area contributed by atoms with Crippen molar-refractivity contribution in [2.45, 2.75) is 38.4 Å². The smallest absolute Gasteiger partial charge is 0.373 e. The molecule has 0 saturated carbocycles. The number of carbonyl (C=O) groups is 1. The molecule has 1 aromatic heterocycles. The molecule has 2 atom stereocenters. The number of methoxy groups -OCH3 is 1. The van der Waals surface area contributed by atoms with Gasteiger partial charge in [0.15, 0.2) is 0 Å². The summed E-state index contributed by atoms with van der Waals surface area (Å²) in [6, 6.07) is 4.23. The number of nitrogens with two attached hydrogens (primary N) is 1.